The molecule has 0 unspecified atom stereocenters. The van der Waals surface area contributed by atoms with E-state index in [1.165, 1.54) is 0 Å². The lowest BCUT2D eigenvalue weighted by Crippen LogP contribution is -2.30. The normalized spacial score (nSPS) is 16.2. The quantitative estimate of drug-likeness (QED) is 0.387. The molecule has 0 spiro atoms. The van der Waals surface area contributed by atoms with Crippen LogP contribution in [0.4, 0.5) is 11.4 Å². The van der Waals surface area contributed by atoms with Crippen molar-refractivity contribution >= 4 is 87.0 Å². The summed E-state index contributed by atoms with van der Waals surface area (Å²) in [4.78, 5) is 50.2. The van der Waals surface area contributed by atoms with Gasteiger partial charge in [-0.25, -0.2) is 9.80 Å². The van der Waals surface area contributed by atoms with Gasteiger partial charge in [-0.2, -0.15) is 0 Å². The summed E-state index contributed by atoms with van der Waals surface area (Å²) in [5.74, 6) is -2.07. The van der Waals surface area contributed by atoms with Gasteiger partial charge in [0.2, 0.25) is 0 Å². The highest BCUT2D eigenvalue weighted by atomic mass is 35.5. The average Bonchev–Trinajstić information content (AvgIpc) is 3.28. The van der Waals surface area contributed by atoms with Gasteiger partial charge in [0.05, 0.1) is 31.5 Å². The van der Waals surface area contributed by atoms with E-state index in [-0.39, 0.29) is 31.5 Å². The Morgan fingerprint density at radius 1 is 0.667 bits per heavy atom. The minimum Gasteiger partial charge on any atom is -0.269 e. The first kappa shape index (κ1) is 26.2. The van der Waals surface area contributed by atoms with E-state index in [0.717, 1.165) is 45.2 Å². The Hall–Kier alpha value is -2.90. The molecule has 0 N–H and O–H groups in total. The number of rotatable bonds is 5. The summed E-state index contributed by atoms with van der Waals surface area (Å²) >= 11 is 25.8. The molecule has 2 aliphatic rings. The van der Waals surface area contributed by atoms with Gasteiger partial charge < -0.3 is 0 Å². The second kappa shape index (κ2) is 9.52. The summed E-state index contributed by atoms with van der Waals surface area (Å²) in [6.07, 6.45) is 6.59. The molecular formula is C26H18Cl4N2O4. The number of hydrogen-bond acceptors (Lipinski definition) is 4. The summed E-state index contributed by atoms with van der Waals surface area (Å²) in [6.45, 7) is 5.75. The van der Waals surface area contributed by atoms with Crippen molar-refractivity contribution in [3.05, 3.63) is 85.9 Å². The van der Waals surface area contributed by atoms with Gasteiger partial charge in [-0.3, -0.25) is 19.2 Å². The maximum absolute atomic E-state index is 12.1. The molecule has 4 rings (SSSR count). The van der Waals surface area contributed by atoms with Crippen LogP contribution >= 0.6 is 46.4 Å². The van der Waals surface area contributed by atoms with Crippen molar-refractivity contribution in [2.24, 2.45) is 0 Å². The molecule has 2 aromatic carbocycles. The number of allylic oxidation sites excluding steroid dienone is 2. The third-order valence-electron chi connectivity index (χ3n) is 5.88. The number of anilines is 2. The van der Waals surface area contributed by atoms with Crippen LogP contribution in [0.3, 0.4) is 0 Å². The zero-order chi connectivity index (χ0) is 26.5. The molecule has 184 valence electrons. The van der Waals surface area contributed by atoms with Crippen molar-refractivity contribution in [2.45, 2.75) is 26.2 Å². The first-order valence-corrected chi connectivity index (χ1v) is 12.1. The Morgan fingerprint density at radius 3 is 1.36 bits per heavy atom. The van der Waals surface area contributed by atoms with Crippen molar-refractivity contribution in [3.8, 4) is 0 Å². The van der Waals surface area contributed by atoms with Crippen molar-refractivity contribution in [2.75, 3.05) is 9.80 Å². The predicted octanol–water partition coefficient (Wildman–Crippen LogP) is 6.54. The molecule has 10 heteroatoms. The second-order valence-electron chi connectivity index (χ2n) is 8.82. The predicted molar refractivity (Wildman–Crippen MR) is 143 cm³/mol. The highest BCUT2D eigenvalue weighted by Gasteiger charge is 2.32. The summed E-state index contributed by atoms with van der Waals surface area (Å²) < 4.78 is 0. The Morgan fingerprint density at radius 2 is 1.00 bits per heavy atom. The van der Waals surface area contributed by atoms with Gasteiger partial charge in [-0.05, 0) is 47.9 Å². The largest absolute Gasteiger partial charge is 0.269 e. The van der Waals surface area contributed by atoms with Crippen LogP contribution in [0, 0.1) is 0 Å². The SMILES string of the molecule is CC(=CC(C)(C)c1cc(Cl)c(N2C(=O)C=CC2=O)c(Cl)c1)c1cc(Cl)c(N2C(=O)C=CC2=O)c(Cl)c1. The number of carbonyl (C=O) groups excluding carboxylic acids is 4. The monoisotopic (exact) mass is 562 g/mol. The number of benzene rings is 2. The molecular weight excluding hydrogens is 546 g/mol. The Kier molecular flexibility index (Phi) is 6.92. The van der Waals surface area contributed by atoms with E-state index >= 15 is 0 Å². The van der Waals surface area contributed by atoms with Crippen LogP contribution in [0.5, 0.6) is 0 Å². The first-order chi connectivity index (χ1) is 16.8. The molecule has 0 aromatic heterocycles. The third kappa shape index (κ3) is 4.62. The van der Waals surface area contributed by atoms with E-state index in [9.17, 15) is 19.2 Å². The van der Waals surface area contributed by atoms with Gasteiger partial charge in [0, 0.05) is 29.7 Å². The van der Waals surface area contributed by atoms with E-state index in [2.05, 4.69) is 0 Å². The first-order valence-electron chi connectivity index (χ1n) is 10.6. The fourth-order valence-corrected chi connectivity index (χ4v) is 5.42. The maximum Gasteiger partial charge on any atom is 0.258 e. The molecule has 2 aromatic rings. The van der Waals surface area contributed by atoms with Gasteiger partial charge in [0.25, 0.3) is 23.6 Å². The molecule has 0 aliphatic carbocycles. The Bertz CT molecular complexity index is 1370. The maximum atomic E-state index is 12.1. The standard InChI is InChI=1S/C26H18Cl4N2O4/c1-13(14-8-16(27)24(17(28)9-14)31-20(33)4-5-21(31)34)12-26(2,3)15-10-18(29)25(19(30)11-15)32-22(35)6-7-23(32)36/h4-12H,1-3H3. The molecule has 36 heavy (non-hydrogen) atoms. The zero-order valence-corrected chi connectivity index (χ0v) is 22.3. The summed E-state index contributed by atoms with van der Waals surface area (Å²) in [7, 11) is 0. The lowest BCUT2D eigenvalue weighted by atomic mass is 9.82. The zero-order valence-electron chi connectivity index (χ0n) is 19.2. The highest BCUT2D eigenvalue weighted by molar-refractivity contribution is 6.44. The summed E-state index contributed by atoms with van der Waals surface area (Å²) in [5.41, 5.74) is 1.88. The average molecular weight is 564 g/mol. The smallest absolute Gasteiger partial charge is 0.258 e. The van der Waals surface area contributed by atoms with Crippen LogP contribution < -0.4 is 9.80 Å². The summed E-state index contributed by atoms with van der Waals surface area (Å²) in [6, 6.07) is 6.58. The van der Waals surface area contributed by atoms with Crippen LogP contribution in [0.1, 0.15) is 31.9 Å². The fraction of sp³-hybridized carbons (Fsp3) is 0.154. The van der Waals surface area contributed by atoms with E-state index < -0.39 is 29.0 Å². The molecule has 0 atom stereocenters. The molecule has 2 heterocycles. The van der Waals surface area contributed by atoms with Crippen molar-refractivity contribution in [3.63, 3.8) is 0 Å². The topological polar surface area (TPSA) is 74.8 Å². The number of amides is 4. The Labute approximate surface area is 227 Å². The van der Waals surface area contributed by atoms with Crippen LogP contribution in [-0.2, 0) is 24.6 Å². The van der Waals surface area contributed by atoms with Crippen LogP contribution in [-0.4, -0.2) is 23.6 Å². The van der Waals surface area contributed by atoms with Crippen LogP contribution in [0.2, 0.25) is 20.1 Å². The number of nitrogens with zero attached hydrogens (tertiary/aromatic N) is 2. The van der Waals surface area contributed by atoms with Gasteiger partial charge in [0.1, 0.15) is 0 Å². The van der Waals surface area contributed by atoms with Crippen molar-refractivity contribution in [1.82, 2.24) is 0 Å². The van der Waals surface area contributed by atoms with E-state index in [0.29, 0.717) is 5.56 Å². The lowest BCUT2D eigenvalue weighted by Gasteiger charge is -2.26. The van der Waals surface area contributed by atoms with Gasteiger partial charge in [-0.15, -0.1) is 0 Å². The van der Waals surface area contributed by atoms with Gasteiger partial charge in [-0.1, -0.05) is 66.3 Å². The molecule has 0 bridgehead atoms. The minimum atomic E-state index is -0.602. The van der Waals surface area contributed by atoms with Crippen molar-refractivity contribution in [1.29, 1.82) is 0 Å². The second-order valence-corrected chi connectivity index (χ2v) is 10.4. The number of carbonyl (C=O) groups is 4. The lowest BCUT2D eigenvalue weighted by molar-refractivity contribution is -0.121. The third-order valence-corrected chi connectivity index (χ3v) is 7.03. The van der Waals surface area contributed by atoms with Crippen molar-refractivity contribution < 1.29 is 19.2 Å². The van der Waals surface area contributed by atoms with Gasteiger partial charge in [0.15, 0.2) is 0 Å². The number of halogens is 4. The van der Waals surface area contributed by atoms with E-state index in [4.69, 9.17) is 46.4 Å². The molecule has 6 nitrogen and oxygen atoms in total. The molecule has 0 saturated carbocycles. The minimum absolute atomic E-state index is 0.129. The fourth-order valence-electron chi connectivity index (χ4n) is 4.11. The molecule has 4 amide bonds. The number of imide groups is 2. The highest BCUT2D eigenvalue weighted by Crippen LogP contribution is 2.42. The molecule has 2 aliphatic heterocycles. The molecule has 0 radical (unpaired) electrons. The van der Waals surface area contributed by atoms with Gasteiger partial charge >= 0.3 is 0 Å². The van der Waals surface area contributed by atoms with Crippen LogP contribution in [0.15, 0.2) is 54.6 Å². The molecule has 0 fully saturated rings. The Balaban J connectivity index is 1.68. The number of hydrogen-bond donors (Lipinski definition) is 0. The van der Waals surface area contributed by atoms with E-state index in [1.54, 1.807) is 24.3 Å². The van der Waals surface area contributed by atoms with E-state index in [1.807, 2.05) is 26.8 Å². The van der Waals surface area contributed by atoms with Crippen LogP contribution in [0.25, 0.3) is 5.57 Å². The summed E-state index contributed by atoms with van der Waals surface area (Å²) in [5, 5.41) is 0.618. The molecule has 0 saturated heterocycles.